The van der Waals surface area contributed by atoms with Crippen LogP contribution in [0.15, 0.2) is 27.8 Å². The first-order chi connectivity index (χ1) is 10.7. The van der Waals surface area contributed by atoms with Gasteiger partial charge in [0, 0.05) is 23.3 Å². The summed E-state index contributed by atoms with van der Waals surface area (Å²) in [5.41, 5.74) is -1.11. The van der Waals surface area contributed by atoms with E-state index in [9.17, 15) is 24.5 Å². The zero-order valence-corrected chi connectivity index (χ0v) is 12.8. The number of ketones is 1. The number of rotatable bonds is 4. The Morgan fingerprint density at radius 1 is 1.17 bits per heavy atom. The van der Waals surface area contributed by atoms with E-state index in [-0.39, 0.29) is 28.4 Å². The van der Waals surface area contributed by atoms with Crippen LogP contribution in [0.4, 0.5) is 5.69 Å². The number of H-pyrrole nitrogens is 2. The third kappa shape index (κ3) is 3.25. The predicted molar refractivity (Wildman–Crippen MR) is 83.0 cm³/mol. The van der Waals surface area contributed by atoms with Crippen molar-refractivity contribution in [3.05, 3.63) is 71.5 Å². The molecule has 0 aliphatic heterocycles. The van der Waals surface area contributed by atoms with Crippen molar-refractivity contribution < 1.29 is 9.72 Å². The molecule has 1 aromatic carbocycles. The van der Waals surface area contributed by atoms with E-state index in [1.807, 2.05) is 0 Å². The molecule has 0 aliphatic rings. The third-order valence-electron chi connectivity index (χ3n) is 3.32. The van der Waals surface area contributed by atoms with Gasteiger partial charge >= 0.3 is 5.69 Å². The number of nitrogens with one attached hydrogen (secondary N) is 2. The standard InChI is InChI=1S/C15H15N3O5/c1-7(2)11-12(16-15(21)17-14(11)20)13(19)9-4-8(3)5-10(6-9)18(22)23/h4-7H,1-3H3,(H2,16,17,20,21). The number of nitrogens with zero attached hydrogens (tertiary/aromatic N) is 1. The van der Waals surface area contributed by atoms with E-state index < -0.39 is 22.0 Å². The van der Waals surface area contributed by atoms with E-state index in [0.717, 1.165) is 6.07 Å². The highest BCUT2D eigenvalue weighted by atomic mass is 16.6. The monoisotopic (exact) mass is 317 g/mol. The first kappa shape index (κ1) is 16.3. The van der Waals surface area contributed by atoms with Gasteiger partial charge in [-0.2, -0.15) is 0 Å². The Kier molecular flexibility index (Phi) is 4.26. The summed E-state index contributed by atoms with van der Waals surface area (Å²) in [6, 6.07) is 3.93. The smallest absolute Gasteiger partial charge is 0.304 e. The van der Waals surface area contributed by atoms with Crippen LogP contribution in [0.25, 0.3) is 0 Å². The van der Waals surface area contributed by atoms with Gasteiger partial charge in [0.1, 0.15) is 0 Å². The molecule has 2 aromatic rings. The number of aromatic amines is 2. The minimum absolute atomic E-state index is 0.0415. The fourth-order valence-electron chi connectivity index (χ4n) is 2.37. The number of nitro benzene ring substituents is 1. The van der Waals surface area contributed by atoms with Crippen LogP contribution >= 0.6 is 0 Å². The maximum atomic E-state index is 12.7. The van der Waals surface area contributed by atoms with E-state index in [2.05, 4.69) is 9.97 Å². The van der Waals surface area contributed by atoms with Crippen LogP contribution in [0.1, 0.15) is 46.9 Å². The average molecular weight is 317 g/mol. The van der Waals surface area contributed by atoms with Gasteiger partial charge in [0.25, 0.3) is 11.2 Å². The molecule has 0 saturated carbocycles. The molecule has 0 amide bonds. The van der Waals surface area contributed by atoms with E-state index in [1.54, 1.807) is 20.8 Å². The molecule has 0 spiro atoms. The van der Waals surface area contributed by atoms with Gasteiger partial charge in [0.15, 0.2) is 0 Å². The van der Waals surface area contributed by atoms with Crippen molar-refractivity contribution in [3.63, 3.8) is 0 Å². The van der Waals surface area contributed by atoms with Gasteiger partial charge in [-0.05, 0) is 24.5 Å². The number of non-ortho nitro benzene ring substituents is 1. The lowest BCUT2D eigenvalue weighted by Gasteiger charge is -2.10. The van der Waals surface area contributed by atoms with Crippen LogP contribution in [-0.2, 0) is 0 Å². The zero-order valence-electron chi connectivity index (χ0n) is 12.8. The van der Waals surface area contributed by atoms with Gasteiger partial charge in [-0.1, -0.05) is 13.8 Å². The number of carbonyl (C=O) groups is 1. The van der Waals surface area contributed by atoms with Gasteiger partial charge in [-0.15, -0.1) is 0 Å². The molecule has 8 nitrogen and oxygen atoms in total. The lowest BCUT2D eigenvalue weighted by molar-refractivity contribution is -0.384. The number of aryl methyl sites for hydroxylation is 1. The van der Waals surface area contributed by atoms with Crippen LogP contribution in [-0.4, -0.2) is 20.7 Å². The number of hydrogen-bond acceptors (Lipinski definition) is 5. The van der Waals surface area contributed by atoms with E-state index in [1.165, 1.54) is 12.1 Å². The van der Waals surface area contributed by atoms with Crippen molar-refractivity contribution in [1.29, 1.82) is 0 Å². The lowest BCUT2D eigenvalue weighted by Crippen LogP contribution is -2.30. The van der Waals surface area contributed by atoms with Gasteiger partial charge in [-0.25, -0.2) is 4.79 Å². The number of carbonyl (C=O) groups excluding carboxylic acids is 1. The molecule has 2 N–H and O–H groups in total. The Morgan fingerprint density at radius 2 is 1.83 bits per heavy atom. The van der Waals surface area contributed by atoms with Gasteiger partial charge in [0.05, 0.1) is 10.6 Å². The topological polar surface area (TPSA) is 126 Å². The van der Waals surface area contributed by atoms with Crippen molar-refractivity contribution in [3.8, 4) is 0 Å². The molecule has 120 valence electrons. The van der Waals surface area contributed by atoms with Crippen LogP contribution in [0.2, 0.25) is 0 Å². The summed E-state index contributed by atoms with van der Waals surface area (Å²) < 4.78 is 0. The molecule has 1 aromatic heterocycles. The van der Waals surface area contributed by atoms with Gasteiger partial charge in [0.2, 0.25) is 5.78 Å². The number of hydrogen-bond donors (Lipinski definition) is 2. The fourth-order valence-corrected chi connectivity index (χ4v) is 2.37. The van der Waals surface area contributed by atoms with E-state index in [4.69, 9.17) is 0 Å². The summed E-state index contributed by atoms with van der Waals surface area (Å²) >= 11 is 0. The van der Waals surface area contributed by atoms with Crippen LogP contribution in [0, 0.1) is 17.0 Å². The third-order valence-corrected chi connectivity index (χ3v) is 3.32. The Hall–Kier alpha value is -3.03. The van der Waals surface area contributed by atoms with Crippen molar-refractivity contribution in [1.82, 2.24) is 9.97 Å². The van der Waals surface area contributed by atoms with E-state index >= 15 is 0 Å². The van der Waals surface area contributed by atoms with Crippen LogP contribution < -0.4 is 11.2 Å². The maximum Gasteiger partial charge on any atom is 0.326 e. The first-order valence-electron chi connectivity index (χ1n) is 6.88. The summed E-state index contributed by atoms with van der Waals surface area (Å²) in [6.07, 6.45) is 0. The molecule has 1 heterocycles. The average Bonchev–Trinajstić information content (AvgIpc) is 2.44. The van der Waals surface area contributed by atoms with Gasteiger partial charge < -0.3 is 4.98 Å². The molecule has 0 unspecified atom stereocenters. The normalized spacial score (nSPS) is 10.8. The van der Waals surface area contributed by atoms with Crippen molar-refractivity contribution in [2.75, 3.05) is 0 Å². The number of nitro groups is 1. The first-order valence-corrected chi connectivity index (χ1v) is 6.88. The Bertz CT molecular complexity index is 908. The fraction of sp³-hybridized carbons (Fsp3) is 0.267. The van der Waals surface area contributed by atoms with Crippen molar-refractivity contribution in [2.24, 2.45) is 0 Å². The zero-order chi connectivity index (χ0) is 17.3. The highest BCUT2D eigenvalue weighted by Gasteiger charge is 2.22. The number of benzene rings is 1. The van der Waals surface area contributed by atoms with Crippen molar-refractivity contribution in [2.45, 2.75) is 26.7 Å². The Balaban J connectivity index is 2.69. The molecule has 0 fully saturated rings. The summed E-state index contributed by atoms with van der Waals surface area (Å²) in [5, 5.41) is 10.9. The molecule has 23 heavy (non-hydrogen) atoms. The Morgan fingerprint density at radius 3 is 2.39 bits per heavy atom. The van der Waals surface area contributed by atoms with Crippen LogP contribution in [0.5, 0.6) is 0 Å². The largest absolute Gasteiger partial charge is 0.326 e. The van der Waals surface area contributed by atoms with Crippen LogP contribution in [0.3, 0.4) is 0 Å². The maximum absolute atomic E-state index is 12.7. The molecule has 2 rings (SSSR count). The minimum Gasteiger partial charge on any atom is -0.304 e. The Labute approximate surface area is 130 Å². The molecule has 0 atom stereocenters. The highest BCUT2D eigenvalue weighted by molar-refractivity contribution is 6.09. The lowest BCUT2D eigenvalue weighted by atomic mass is 9.96. The SMILES string of the molecule is Cc1cc(C(=O)c2[nH]c(=O)[nH]c(=O)c2C(C)C)cc([N+](=O)[O-])c1. The van der Waals surface area contributed by atoms with Crippen molar-refractivity contribution >= 4 is 11.5 Å². The second kappa shape index (κ2) is 5.99. The predicted octanol–water partition coefficient (Wildman–Crippen LogP) is 1.63. The van der Waals surface area contributed by atoms with E-state index in [0.29, 0.717) is 5.56 Å². The molecule has 0 radical (unpaired) electrons. The molecular weight excluding hydrogens is 302 g/mol. The highest BCUT2D eigenvalue weighted by Crippen LogP contribution is 2.21. The molecule has 0 saturated heterocycles. The molecular formula is C15H15N3O5. The summed E-state index contributed by atoms with van der Waals surface area (Å²) in [4.78, 5) is 50.8. The summed E-state index contributed by atoms with van der Waals surface area (Å²) in [5.74, 6) is -0.946. The molecule has 8 heteroatoms. The summed E-state index contributed by atoms with van der Waals surface area (Å²) in [7, 11) is 0. The number of aromatic nitrogens is 2. The molecule has 0 bridgehead atoms. The molecule has 0 aliphatic carbocycles. The summed E-state index contributed by atoms with van der Waals surface area (Å²) in [6.45, 7) is 5.03. The van der Waals surface area contributed by atoms with Gasteiger partial charge in [-0.3, -0.25) is 24.7 Å². The minimum atomic E-state index is -0.801. The quantitative estimate of drug-likeness (QED) is 0.503. The second-order valence-electron chi connectivity index (χ2n) is 5.50. The second-order valence-corrected chi connectivity index (χ2v) is 5.50.